The minimum absolute atomic E-state index is 0.556. The highest BCUT2D eigenvalue weighted by Gasteiger charge is 2.34. The summed E-state index contributed by atoms with van der Waals surface area (Å²) in [5.74, 6) is 1.10. The van der Waals surface area contributed by atoms with Crippen molar-refractivity contribution in [3.8, 4) is 0 Å². The molecule has 0 saturated carbocycles. The first-order valence-electron chi connectivity index (χ1n) is 7.14. The molecule has 1 aliphatic rings. The number of likely N-dealkylation sites (tertiary alicyclic amines) is 1. The van der Waals surface area contributed by atoms with E-state index in [1.165, 1.54) is 37.9 Å². The Morgan fingerprint density at radius 3 is 2.78 bits per heavy atom. The van der Waals surface area contributed by atoms with Gasteiger partial charge in [0.1, 0.15) is 5.76 Å². The Labute approximate surface area is 111 Å². The fourth-order valence-electron chi connectivity index (χ4n) is 3.02. The van der Waals surface area contributed by atoms with Crippen molar-refractivity contribution in [1.82, 2.24) is 10.2 Å². The first-order chi connectivity index (χ1) is 8.71. The van der Waals surface area contributed by atoms with E-state index in [0.717, 1.165) is 18.8 Å². The van der Waals surface area contributed by atoms with Crippen molar-refractivity contribution >= 4 is 0 Å². The van der Waals surface area contributed by atoms with Crippen LogP contribution in [0.1, 0.15) is 44.4 Å². The van der Waals surface area contributed by atoms with Crippen molar-refractivity contribution in [2.45, 2.75) is 46.2 Å². The van der Waals surface area contributed by atoms with E-state index in [0.29, 0.717) is 5.41 Å². The Bertz CT molecular complexity index is 368. The van der Waals surface area contributed by atoms with Gasteiger partial charge in [-0.05, 0) is 44.3 Å². The molecule has 1 aliphatic heterocycles. The van der Waals surface area contributed by atoms with Gasteiger partial charge in [-0.1, -0.05) is 13.8 Å². The molecule has 1 aromatic rings. The van der Waals surface area contributed by atoms with Crippen LogP contribution in [0.25, 0.3) is 0 Å². The fraction of sp³-hybridized carbons (Fsp3) is 0.733. The van der Waals surface area contributed by atoms with E-state index in [4.69, 9.17) is 4.42 Å². The summed E-state index contributed by atoms with van der Waals surface area (Å²) >= 11 is 0. The van der Waals surface area contributed by atoms with Crippen molar-refractivity contribution in [3.05, 3.63) is 23.7 Å². The first-order valence-corrected chi connectivity index (χ1v) is 7.14. The van der Waals surface area contributed by atoms with E-state index in [1.807, 2.05) is 13.3 Å². The molecule has 0 atom stereocenters. The summed E-state index contributed by atoms with van der Waals surface area (Å²) in [7, 11) is 1.96. The van der Waals surface area contributed by atoms with Crippen molar-refractivity contribution in [2.75, 3.05) is 20.1 Å². The summed E-state index contributed by atoms with van der Waals surface area (Å²) < 4.78 is 5.63. The molecule has 1 fully saturated rings. The number of furan rings is 1. The first kappa shape index (κ1) is 13.6. The highest BCUT2D eigenvalue weighted by molar-refractivity contribution is 5.12. The third-order valence-electron chi connectivity index (χ3n) is 4.49. The molecule has 2 rings (SSSR count). The normalized spacial score (nSPS) is 19.5. The molecule has 18 heavy (non-hydrogen) atoms. The van der Waals surface area contributed by atoms with Gasteiger partial charge in [-0.25, -0.2) is 0 Å². The Morgan fingerprint density at radius 2 is 2.17 bits per heavy atom. The number of nitrogens with one attached hydrogen (secondary N) is 1. The van der Waals surface area contributed by atoms with Crippen LogP contribution in [0.15, 0.2) is 16.7 Å². The lowest BCUT2D eigenvalue weighted by atomic mass is 9.82. The largest absolute Gasteiger partial charge is 0.468 e. The second-order valence-electron chi connectivity index (χ2n) is 5.62. The Morgan fingerprint density at radius 1 is 1.39 bits per heavy atom. The maximum absolute atomic E-state index is 5.63. The van der Waals surface area contributed by atoms with Gasteiger partial charge in [0.25, 0.3) is 0 Å². The molecular weight excluding hydrogens is 224 g/mol. The quantitative estimate of drug-likeness (QED) is 0.841. The molecule has 0 unspecified atom stereocenters. The van der Waals surface area contributed by atoms with Gasteiger partial charge < -0.3 is 9.73 Å². The summed E-state index contributed by atoms with van der Waals surface area (Å²) in [4.78, 5) is 2.54. The van der Waals surface area contributed by atoms with E-state index in [1.54, 1.807) is 0 Å². The zero-order chi connectivity index (χ0) is 13.0. The number of rotatable bonds is 6. The lowest BCUT2D eigenvalue weighted by molar-refractivity contribution is 0.226. The van der Waals surface area contributed by atoms with Crippen LogP contribution in [-0.2, 0) is 13.1 Å². The number of hydrogen-bond acceptors (Lipinski definition) is 3. The maximum Gasteiger partial charge on any atom is 0.118 e. The highest BCUT2D eigenvalue weighted by atomic mass is 16.3. The average Bonchev–Trinajstić information content (AvgIpc) is 2.98. The Kier molecular flexibility index (Phi) is 4.46. The molecule has 3 nitrogen and oxygen atoms in total. The van der Waals surface area contributed by atoms with Crippen LogP contribution in [0.3, 0.4) is 0 Å². The van der Waals surface area contributed by atoms with Crippen LogP contribution in [0.4, 0.5) is 0 Å². The fourth-order valence-corrected chi connectivity index (χ4v) is 3.02. The van der Waals surface area contributed by atoms with Crippen LogP contribution >= 0.6 is 0 Å². The molecule has 1 aromatic heterocycles. The Balaban J connectivity index is 1.90. The third kappa shape index (κ3) is 2.96. The molecule has 0 aromatic carbocycles. The lowest BCUT2D eigenvalue weighted by Gasteiger charge is -2.26. The van der Waals surface area contributed by atoms with Gasteiger partial charge in [-0.15, -0.1) is 0 Å². The molecule has 1 saturated heterocycles. The van der Waals surface area contributed by atoms with Gasteiger partial charge in [-0.3, -0.25) is 4.90 Å². The van der Waals surface area contributed by atoms with E-state index >= 15 is 0 Å². The molecule has 3 heteroatoms. The van der Waals surface area contributed by atoms with E-state index < -0.39 is 0 Å². The van der Waals surface area contributed by atoms with E-state index in [-0.39, 0.29) is 0 Å². The third-order valence-corrected chi connectivity index (χ3v) is 4.49. The van der Waals surface area contributed by atoms with Crippen molar-refractivity contribution in [1.29, 1.82) is 0 Å². The summed E-state index contributed by atoms with van der Waals surface area (Å²) in [6, 6.07) is 2.17. The van der Waals surface area contributed by atoms with Crippen molar-refractivity contribution in [3.63, 3.8) is 0 Å². The van der Waals surface area contributed by atoms with E-state index in [9.17, 15) is 0 Å². The Hall–Kier alpha value is -0.800. The molecule has 102 valence electrons. The number of hydrogen-bond donors (Lipinski definition) is 1. The molecule has 0 bridgehead atoms. The van der Waals surface area contributed by atoms with E-state index in [2.05, 4.69) is 30.1 Å². The SMILES string of the molecule is CCC1(CC)CCN(Cc2cc(CNC)co2)C1. The minimum Gasteiger partial charge on any atom is -0.468 e. The summed E-state index contributed by atoms with van der Waals surface area (Å²) in [5, 5.41) is 3.15. The predicted molar refractivity (Wildman–Crippen MR) is 74.4 cm³/mol. The minimum atomic E-state index is 0.556. The van der Waals surface area contributed by atoms with Crippen LogP contribution in [0.2, 0.25) is 0 Å². The second kappa shape index (κ2) is 5.89. The molecule has 0 aliphatic carbocycles. The van der Waals surface area contributed by atoms with Gasteiger partial charge in [0.05, 0.1) is 12.8 Å². The molecule has 0 radical (unpaired) electrons. The maximum atomic E-state index is 5.63. The summed E-state index contributed by atoms with van der Waals surface area (Å²) in [6.45, 7) is 8.93. The van der Waals surface area contributed by atoms with Gasteiger partial charge >= 0.3 is 0 Å². The average molecular weight is 250 g/mol. The van der Waals surface area contributed by atoms with Crippen LogP contribution in [0, 0.1) is 5.41 Å². The molecule has 2 heterocycles. The van der Waals surface area contributed by atoms with Gasteiger partial charge in [0.2, 0.25) is 0 Å². The monoisotopic (exact) mass is 250 g/mol. The molecular formula is C15H26N2O. The van der Waals surface area contributed by atoms with Crippen LogP contribution in [0.5, 0.6) is 0 Å². The molecule has 0 amide bonds. The van der Waals surface area contributed by atoms with Gasteiger partial charge in [0, 0.05) is 18.7 Å². The zero-order valence-electron chi connectivity index (χ0n) is 12.0. The summed E-state index contributed by atoms with van der Waals surface area (Å²) in [5.41, 5.74) is 1.80. The molecule has 0 spiro atoms. The van der Waals surface area contributed by atoms with Crippen LogP contribution in [-0.4, -0.2) is 25.0 Å². The second-order valence-corrected chi connectivity index (χ2v) is 5.62. The standard InChI is InChI=1S/C15H26N2O/c1-4-15(5-2)6-7-17(12-15)10-14-8-13(9-16-3)11-18-14/h8,11,16H,4-7,9-10,12H2,1-3H3. The van der Waals surface area contributed by atoms with Gasteiger partial charge in [-0.2, -0.15) is 0 Å². The van der Waals surface area contributed by atoms with Crippen molar-refractivity contribution < 1.29 is 4.42 Å². The topological polar surface area (TPSA) is 28.4 Å². The van der Waals surface area contributed by atoms with Crippen molar-refractivity contribution in [2.24, 2.45) is 5.41 Å². The highest BCUT2D eigenvalue weighted by Crippen LogP contribution is 2.37. The smallest absolute Gasteiger partial charge is 0.118 e. The van der Waals surface area contributed by atoms with Crippen LogP contribution < -0.4 is 5.32 Å². The van der Waals surface area contributed by atoms with Gasteiger partial charge in [0.15, 0.2) is 0 Å². The summed E-state index contributed by atoms with van der Waals surface area (Å²) in [6.07, 6.45) is 5.80. The lowest BCUT2D eigenvalue weighted by Crippen LogP contribution is -2.25. The molecule has 1 N–H and O–H groups in total. The zero-order valence-corrected chi connectivity index (χ0v) is 12.0. The predicted octanol–water partition coefficient (Wildman–Crippen LogP) is 3.01. The number of nitrogens with zero attached hydrogens (tertiary/aromatic N) is 1.